The number of piperidine rings is 2. The van der Waals surface area contributed by atoms with E-state index in [1.165, 1.54) is 5.56 Å². The lowest BCUT2D eigenvalue weighted by Crippen LogP contribution is -2.55. The predicted molar refractivity (Wildman–Crippen MR) is 121 cm³/mol. The SMILES string of the molecule is O=C(C1CCCN(Cc2ccccc2)C1)N1CCC2C1CCCN2C(=O)C1C2COCC21. The van der Waals surface area contributed by atoms with Crippen molar-refractivity contribution >= 4 is 11.8 Å². The molecule has 5 unspecified atom stereocenters. The van der Waals surface area contributed by atoms with Gasteiger partial charge in [0.25, 0.3) is 0 Å². The third-order valence-corrected chi connectivity index (χ3v) is 8.72. The standard InChI is InChI=1S/C26H35N3O3/c30-25(19-8-4-11-27(15-19)14-18-6-2-1-3-7-18)29-13-10-23-22(29)9-5-12-28(23)26(31)24-20-16-32-17-21(20)24/h1-3,6-7,19-24H,4-5,8-17H2. The number of fused-ring (bicyclic) bond motifs is 2. The number of amides is 2. The first-order chi connectivity index (χ1) is 15.7. The molecule has 1 aromatic rings. The number of hydrogen-bond donors (Lipinski definition) is 0. The Morgan fingerprint density at radius 3 is 2.38 bits per heavy atom. The minimum atomic E-state index is 0.0947. The van der Waals surface area contributed by atoms with E-state index in [0.717, 1.165) is 78.0 Å². The highest BCUT2D eigenvalue weighted by Crippen LogP contribution is 2.52. The molecule has 6 nitrogen and oxygen atoms in total. The molecule has 6 rings (SSSR count). The molecule has 0 aromatic heterocycles. The largest absolute Gasteiger partial charge is 0.381 e. The second-order valence-corrected chi connectivity index (χ2v) is 10.6. The van der Waals surface area contributed by atoms with E-state index in [-0.39, 0.29) is 23.9 Å². The van der Waals surface area contributed by atoms with Gasteiger partial charge in [-0.3, -0.25) is 14.5 Å². The van der Waals surface area contributed by atoms with Crippen molar-refractivity contribution in [3.05, 3.63) is 35.9 Å². The van der Waals surface area contributed by atoms with Gasteiger partial charge in [-0.2, -0.15) is 0 Å². The van der Waals surface area contributed by atoms with Gasteiger partial charge in [0.1, 0.15) is 0 Å². The fourth-order valence-electron chi connectivity index (χ4n) is 7.01. The summed E-state index contributed by atoms with van der Waals surface area (Å²) in [5.74, 6) is 1.88. The average molecular weight is 438 g/mol. The summed E-state index contributed by atoms with van der Waals surface area (Å²) in [4.78, 5) is 33.7. The Labute approximate surface area is 190 Å². The zero-order valence-corrected chi connectivity index (χ0v) is 18.9. The fraction of sp³-hybridized carbons (Fsp3) is 0.692. The summed E-state index contributed by atoms with van der Waals surface area (Å²) in [5.41, 5.74) is 1.32. The van der Waals surface area contributed by atoms with Crippen LogP contribution in [0.1, 0.15) is 37.7 Å². The highest BCUT2D eigenvalue weighted by Gasteiger charge is 2.60. The number of ether oxygens (including phenoxy) is 1. The van der Waals surface area contributed by atoms with Crippen molar-refractivity contribution in [2.45, 2.75) is 50.7 Å². The third-order valence-electron chi connectivity index (χ3n) is 8.72. The van der Waals surface area contributed by atoms with Gasteiger partial charge in [-0.15, -0.1) is 0 Å². The highest BCUT2D eigenvalue weighted by atomic mass is 16.5. The van der Waals surface area contributed by atoms with Crippen LogP contribution in [0, 0.1) is 23.7 Å². The molecule has 172 valence electrons. The van der Waals surface area contributed by atoms with Gasteiger partial charge in [0.15, 0.2) is 0 Å². The molecule has 4 aliphatic heterocycles. The summed E-state index contributed by atoms with van der Waals surface area (Å²) < 4.78 is 5.50. The minimum absolute atomic E-state index is 0.0947. The molecule has 6 heteroatoms. The first kappa shape index (κ1) is 20.7. The Kier molecular flexibility index (Phi) is 5.46. The number of likely N-dealkylation sites (tertiary alicyclic amines) is 3. The number of carbonyl (C=O) groups excluding carboxylic acids is 2. The third kappa shape index (κ3) is 3.65. The minimum Gasteiger partial charge on any atom is -0.381 e. The molecule has 1 aliphatic carbocycles. The van der Waals surface area contributed by atoms with Crippen molar-refractivity contribution in [2.24, 2.45) is 23.7 Å². The maximum atomic E-state index is 13.6. The van der Waals surface area contributed by atoms with Gasteiger partial charge in [-0.05, 0) is 56.0 Å². The second kappa shape index (κ2) is 8.45. The molecule has 1 saturated carbocycles. The molecule has 5 fully saturated rings. The maximum absolute atomic E-state index is 13.6. The van der Waals surface area contributed by atoms with Crippen LogP contribution in [0.3, 0.4) is 0 Å². The van der Waals surface area contributed by atoms with Crippen LogP contribution < -0.4 is 0 Å². The van der Waals surface area contributed by atoms with E-state index in [0.29, 0.717) is 23.7 Å². The first-order valence-corrected chi connectivity index (χ1v) is 12.7. The number of benzene rings is 1. The molecule has 5 atom stereocenters. The number of hydrogen-bond acceptors (Lipinski definition) is 4. The van der Waals surface area contributed by atoms with Gasteiger partial charge in [-0.25, -0.2) is 0 Å². The van der Waals surface area contributed by atoms with E-state index in [1.807, 2.05) is 0 Å². The van der Waals surface area contributed by atoms with Crippen LogP contribution in [0.15, 0.2) is 30.3 Å². The topological polar surface area (TPSA) is 53.1 Å². The van der Waals surface area contributed by atoms with Gasteiger partial charge in [-0.1, -0.05) is 30.3 Å². The van der Waals surface area contributed by atoms with Crippen LogP contribution >= 0.6 is 0 Å². The molecule has 0 bridgehead atoms. The van der Waals surface area contributed by atoms with E-state index in [4.69, 9.17) is 4.74 Å². The zero-order valence-electron chi connectivity index (χ0n) is 18.9. The predicted octanol–water partition coefficient (Wildman–Crippen LogP) is 2.38. The first-order valence-electron chi connectivity index (χ1n) is 12.7. The zero-order chi connectivity index (χ0) is 21.7. The van der Waals surface area contributed by atoms with E-state index >= 15 is 0 Å². The Morgan fingerprint density at radius 2 is 1.56 bits per heavy atom. The van der Waals surface area contributed by atoms with Crippen molar-refractivity contribution < 1.29 is 14.3 Å². The number of carbonyl (C=O) groups is 2. The van der Waals surface area contributed by atoms with E-state index in [9.17, 15) is 9.59 Å². The summed E-state index contributed by atoms with van der Waals surface area (Å²) in [7, 11) is 0. The van der Waals surface area contributed by atoms with Crippen molar-refractivity contribution in [3.63, 3.8) is 0 Å². The van der Waals surface area contributed by atoms with Crippen LogP contribution in [0.25, 0.3) is 0 Å². The Balaban J connectivity index is 1.09. The molecular weight excluding hydrogens is 402 g/mol. The molecule has 5 aliphatic rings. The van der Waals surface area contributed by atoms with Gasteiger partial charge in [0, 0.05) is 32.1 Å². The normalized spacial score (nSPS) is 36.6. The lowest BCUT2D eigenvalue weighted by molar-refractivity contribution is -0.144. The summed E-state index contributed by atoms with van der Waals surface area (Å²) in [6.45, 7) is 6.05. The van der Waals surface area contributed by atoms with Crippen LogP contribution in [0.2, 0.25) is 0 Å². The Hall–Kier alpha value is -1.92. The second-order valence-electron chi connectivity index (χ2n) is 10.6. The van der Waals surface area contributed by atoms with Crippen molar-refractivity contribution in [3.8, 4) is 0 Å². The average Bonchev–Trinajstić information content (AvgIpc) is 3.15. The van der Waals surface area contributed by atoms with Crippen LogP contribution in [-0.2, 0) is 20.9 Å². The summed E-state index contributed by atoms with van der Waals surface area (Å²) in [6, 6.07) is 11.0. The molecule has 4 saturated heterocycles. The molecule has 0 radical (unpaired) electrons. The quantitative estimate of drug-likeness (QED) is 0.726. The van der Waals surface area contributed by atoms with Crippen LogP contribution in [0.5, 0.6) is 0 Å². The van der Waals surface area contributed by atoms with E-state index < -0.39 is 0 Å². The lowest BCUT2D eigenvalue weighted by Gasteiger charge is -2.42. The molecule has 32 heavy (non-hydrogen) atoms. The highest BCUT2D eigenvalue weighted by molar-refractivity contribution is 5.84. The summed E-state index contributed by atoms with van der Waals surface area (Å²) in [5, 5.41) is 0. The Bertz CT molecular complexity index is 851. The van der Waals surface area contributed by atoms with Gasteiger partial charge in [0.2, 0.25) is 11.8 Å². The fourth-order valence-corrected chi connectivity index (χ4v) is 7.01. The molecular formula is C26H35N3O3. The van der Waals surface area contributed by atoms with Crippen LogP contribution in [0.4, 0.5) is 0 Å². The van der Waals surface area contributed by atoms with E-state index in [1.54, 1.807) is 0 Å². The molecule has 0 N–H and O–H groups in total. The van der Waals surface area contributed by atoms with Crippen molar-refractivity contribution in [1.82, 2.24) is 14.7 Å². The summed E-state index contributed by atoms with van der Waals surface area (Å²) in [6.07, 6.45) is 5.08. The van der Waals surface area contributed by atoms with E-state index in [2.05, 4.69) is 45.0 Å². The molecule has 0 spiro atoms. The molecule has 1 aromatic carbocycles. The molecule has 2 amide bonds. The summed E-state index contributed by atoms with van der Waals surface area (Å²) >= 11 is 0. The van der Waals surface area contributed by atoms with Gasteiger partial charge in [0.05, 0.1) is 31.2 Å². The van der Waals surface area contributed by atoms with Gasteiger partial charge >= 0.3 is 0 Å². The van der Waals surface area contributed by atoms with Crippen molar-refractivity contribution in [1.29, 1.82) is 0 Å². The van der Waals surface area contributed by atoms with Crippen LogP contribution in [-0.4, -0.2) is 78.0 Å². The van der Waals surface area contributed by atoms with Crippen molar-refractivity contribution in [2.75, 3.05) is 39.4 Å². The lowest BCUT2D eigenvalue weighted by atomic mass is 9.93. The Morgan fingerprint density at radius 1 is 0.844 bits per heavy atom. The maximum Gasteiger partial charge on any atom is 0.227 e. The molecule has 4 heterocycles. The number of rotatable bonds is 4. The smallest absolute Gasteiger partial charge is 0.227 e. The van der Waals surface area contributed by atoms with Gasteiger partial charge < -0.3 is 14.5 Å². The number of nitrogens with zero attached hydrogens (tertiary/aromatic N) is 3. The monoisotopic (exact) mass is 437 g/mol.